The molecule has 0 atom stereocenters. The van der Waals surface area contributed by atoms with Crippen LogP contribution in [0.2, 0.25) is 0 Å². The molecule has 4 rings (SSSR count). The quantitative estimate of drug-likeness (QED) is 0.809. The molecule has 0 saturated carbocycles. The summed E-state index contributed by atoms with van der Waals surface area (Å²) in [5.41, 5.74) is 1.57. The smallest absolute Gasteiger partial charge is 0.274 e. The van der Waals surface area contributed by atoms with Crippen LogP contribution in [0.15, 0.2) is 23.1 Å². The van der Waals surface area contributed by atoms with Crippen LogP contribution >= 0.6 is 0 Å². The summed E-state index contributed by atoms with van der Waals surface area (Å²) in [7, 11) is 0. The Hall–Kier alpha value is -2.97. The summed E-state index contributed by atoms with van der Waals surface area (Å²) in [6.45, 7) is 2.69. The highest BCUT2D eigenvalue weighted by Crippen LogP contribution is 2.20. The molecule has 1 fully saturated rings. The topological polar surface area (TPSA) is 104 Å². The van der Waals surface area contributed by atoms with E-state index in [1.165, 1.54) is 12.1 Å². The summed E-state index contributed by atoms with van der Waals surface area (Å²) < 4.78 is 1.93. The first-order valence-electron chi connectivity index (χ1n) is 8.82. The number of nitrogens with one attached hydrogen (secondary N) is 1. The van der Waals surface area contributed by atoms with E-state index in [2.05, 4.69) is 15.3 Å². The van der Waals surface area contributed by atoms with Crippen molar-refractivity contribution in [1.82, 2.24) is 29.8 Å². The molecule has 2 aliphatic rings. The molecule has 9 nitrogen and oxygen atoms in total. The van der Waals surface area contributed by atoms with Gasteiger partial charge in [-0.15, -0.1) is 0 Å². The fourth-order valence-corrected chi connectivity index (χ4v) is 3.51. The second kappa shape index (κ2) is 6.74. The molecule has 2 amide bonds. The first kappa shape index (κ1) is 16.5. The molecule has 26 heavy (non-hydrogen) atoms. The van der Waals surface area contributed by atoms with Crippen LogP contribution in [0.25, 0.3) is 0 Å². The Kier molecular flexibility index (Phi) is 4.27. The number of carbonyl (C=O) groups is 2. The third-order valence-corrected chi connectivity index (χ3v) is 4.96. The van der Waals surface area contributed by atoms with Crippen molar-refractivity contribution < 1.29 is 9.59 Å². The summed E-state index contributed by atoms with van der Waals surface area (Å²) in [4.78, 5) is 39.8. The monoisotopic (exact) mass is 356 g/mol. The summed E-state index contributed by atoms with van der Waals surface area (Å²) in [6, 6.07) is 2.70. The molecule has 2 aliphatic heterocycles. The maximum Gasteiger partial charge on any atom is 0.274 e. The van der Waals surface area contributed by atoms with Crippen LogP contribution in [0, 0.1) is 0 Å². The third kappa shape index (κ3) is 3.00. The van der Waals surface area contributed by atoms with Crippen LogP contribution in [0.5, 0.6) is 0 Å². The number of hydrogen-bond donors (Lipinski definition) is 1. The first-order chi connectivity index (χ1) is 12.6. The summed E-state index contributed by atoms with van der Waals surface area (Å²) in [6.07, 6.45) is 4.74. The number of piperazine rings is 1. The second-order valence-corrected chi connectivity index (χ2v) is 6.58. The summed E-state index contributed by atoms with van der Waals surface area (Å²) in [5.74, 6) is -0.251. The normalized spacial score (nSPS) is 17.1. The van der Waals surface area contributed by atoms with Crippen LogP contribution in [0.3, 0.4) is 0 Å². The molecule has 0 spiro atoms. The number of amides is 2. The van der Waals surface area contributed by atoms with Gasteiger partial charge in [0.2, 0.25) is 0 Å². The molecule has 0 bridgehead atoms. The van der Waals surface area contributed by atoms with Crippen molar-refractivity contribution in [3.63, 3.8) is 0 Å². The van der Waals surface area contributed by atoms with Crippen molar-refractivity contribution in [3.05, 3.63) is 45.6 Å². The minimum atomic E-state index is -0.346. The van der Waals surface area contributed by atoms with E-state index in [4.69, 9.17) is 0 Å². The van der Waals surface area contributed by atoms with Crippen molar-refractivity contribution in [1.29, 1.82) is 0 Å². The molecule has 0 aromatic carbocycles. The number of aromatic amines is 1. The highest BCUT2D eigenvalue weighted by Gasteiger charge is 2.29. The Balaban J connectivity index is 1.41. The fourth-order valence-electron chi connectivity index (χ4n) is 3.51. The van der Waals surface area contributed by atoms with Gasteiger partial charge in [0.15, 0.2) is 0 Å². The van der Waals surface area contributed by atoms with Crippen molar-refractivity contribution in [2.75, 3.05) is 26.2 Å². The summed E-state index contributed by atoms with van der Waals surface area (Å²) in [5, 5.41) is 10.4. The van der Waals surface area contributed by atoms with Gasteiger partial charge in [0.1, 0.15) is 5.69 Å². The van der Waals surface area contributed by atoms with Crippen molar-refractivity contribution in [2.45, 2.75) is 25.8 Å². The van der Waals surface area contributed by atoms with E-state index in [1.807, 2.05) is 4.68 Å². The van der Waals surface area contributed by atoms with Gasteiger partial charge in [-0.05, 0) is 25.3 Å². The Labute approximate surface area is 149 Å². The molecule has 1 saturated heterocycles. The summed E-state index contributed by atoms with van der Waals surface area (Å²) >= 11 is 0. The molecule has 4 heterocycles. The van der Waals surface area contributed by atoms with Crippen LogP contribution in [-0.4, -0.2) is 67.8 Å². The lowest BCUT2D eigenvalue weighted by atomic mass is 10.1. The highest BCUT2D eigenvalue weighted by molar-refractivity contribution is 5.96. The Morgan fingerprint density at radius 1 is 0.962 bits per heavy atom. The number of rotatable bonds is 2. The second-order valence-electron chi connectivity index (χ2n) is 6.58. The molecule has 136 valence electrons. The largest absolute Gasteiger partial charge is 0.335 e. The number of aryl methyl sites for hydroxylation is 1. The lowest BCUT2D eigenvalue weighted by Crippen LogP contribution is -2.51. The van der Waals surface area contributed by atoms with Gasteiger partial charge in [-0.25, -0.2) is 5.10 Å². The van der Waals surface area contributed by atoms with Gasteiger partial charge in [0, 0.05) is 38.8 Å². The van der Waals surface area contributed by atoms with E-state index >= 15 is 0 Å². The number of fused-ring (bicyclic) bond motifs is 1. The molecule has 0 aliphatic carbocycles. The molecule has 0 radical (unpaired) electrons. The Bertz CT molecular complexity index is 874. The third-order valence-electron chi connectivity index (χ3n) is 4.96. The van der Waals surface area contributed by atoms with Crippen molar-refractivity contribution >= 4 is 11.8 Å². The molecule has 0 unspecified atom stereocenters. The van der Waals surface area contributed by atoms with Gasteiger partial charge in [0.25, 0.3) is 17.4 Å². The number of hydrogen-bond acceptors (Lipinski definition) is 5. The van der Waals surface area contributed by atoms with Crippen LogP contribution in [0.4, 0.5) is 0 Å². The van der Waals surface area contributed by atoms with Crippen LogP contribution in [0.1, 0.15) is 39.4 Å². The number of aromatic nitrogens is 4. The number of carbonyl (C=O) groups excluding carboxylic acids is 2. The average Bonchev–Trinajstić information content (AvgIpc) is 3.12. The van der Waals surface area contributed by atoms with Gasteiger partial charge in [-0.1, -0.05) is 0 Å². The SMILES string of the molecule is O=C(c1ccc(=O)[nH]n1)N1CCN(C(=O)c2cnn3c2CCCC3)CC1. The lowest BCUT2D eigenvalue weighted by molar-refractivity contribution is 0.0530. The Morgan fingerprint density at radius 2 is 1.69 bits per heavy atom. The van der Waals surface area contributed by atoms with E-state index in [1.54, 1.807) is 16.0 Å². The molecular formula is C17H20N6O3. The number of nitrogens with zero attached hydrogens (tertiary/aromatic N) is 5. The van der Waals surface area contributed by atoms with Crippen LogP contribution in [-0.2, 0) is 13.0 Å². The maximum absolute atomic E-state index is 12.8. The fraction of sp³-hybridized carbons (Fsp3) is 0.471. The zero-order chi connectivity index (χ0) is 18.1. The number of H-pyrrole nitrogens is 1. The maximum atomic E-state index is 12.8. The highest BCUT2D eigenvalue weighted by atomic mass is 16.2. The van der Waals surface area contributed by atoms with E-state index in [-0.39, 0.29) is 23.1 Å². The van der Waals surface area contributed by atoms with E-state index < -0.39 is 0 Å². The minimum absolute atomic E-state index is 0.0117. The van der Waals surface area contributed by atoms with Gasteiger partial charge >= 0.3 is 0 Å². The van der Waals surface area contributed by atoms with Crippen molar-refractivity contribution in [3.8, 4) is 0 Å². The molecule has 2 aromatic heterocycles. The van der Waals surface area contributed by atoms with Gasteiger partial charge in [0.05, 0.1) is 17.5 Å². The van der Waals surface area contributed by atoms with E-state index in [0.717, 1.165) is 31.5 Å². The molecular weight excluding hydrogens is 336 g/mol. The van der Waals surface area contributed by atoms with Crippen molar-refractivity contribution in [2.24, 2.45) is 0 Å². The zero-order valence-electron chi connectivity index (χ0n) is 14.3. The first-order valence-corrected chi connectivity index (χ1v) is 8.82. The molecule has 1 N–H and O–H groups in total. The minimum Gasteiger partial charge on any atom is -0.335 e. The molecule has 9 heteroatoms. The Morgan fingerprint density at radius 3 is 2.38 bits per heavy atom. The van der Waals surface area contributed by atoms with Crippen LogP contribution < -0.4 is 5.56 Å². The predicted octanol–water partition coefficient (Wildman–Crippen LogP) is -0.0991. The lowest BCUT2D eigenvalue weighted by Gasteiger charge is -2.34. The van der Waals surface area contributed by atoms with Gasteiger partial charge in [-0.2, -0.15) is 10.2 Å². The van der Waals surface area contributed by atoms with E-state index in [0.29, 0.717) is 31.7 Å². The molecule has 2 aromatic rings. The average molecular weight is 356 g/mol. The standard InChI is InChI=1S/C17H20N6O3/c24-15-5-4-13(19-20-15)17(26)22-9-7-21(8-10-22)16(25)12-11-18-23-6-2-1-3-14(12)23/h4-5,11H,1-3,6-10H2,(H,20,24). The predicted molar refractivity (Wildman–Crippen MR) is 91.8 cm³/mol. The van der Waals surface area contributed by atoms with E-state index in [9.17, 15) is 14.4 Å². The van der Waals surface area contributed by atoms with Gasteiger partial charge in [-0.3, -0.25) is 19.1 Å². The zero-order valence-corrected chi connectivity index (χ0v) is 14.3. The van der Waals surface area contributed by atoms with Gasteiger partial charge < -0.3 is 9.80 Å².